The van der Waals surface area contributed by atoms with Crippen LogP contribution in [0.3, 0.4) is 0 Å². The molecule has 3 rings (SSSR count). The molecule has 1 aromatic heterocycles. The molecule has 2 saturated carbocycles. The number of anilines is 1. The number of nitrogens with zero attached hydrogens (tertiary/aromatic N) is 2. The van der Waals surface area contributed by atoms with Crippen molar-refractivity contribution in [3.8, 4) is 0 Å². The summed E-state index contributed by atoms with van der Waals surface area (Å²) in [6, 6.07) is 1.54. The Morgan fingerprint density at radius 3 is 2.62 bits per heavy atom. The summed E-state index contributed by atoms with van der Waals surface area (Å²) in [7, 11) is 0. The standard InChI is InChI=1S/C17H29N3S/c1-4-5-15-16(10-18-13-6-7-13)21-17(19-15)20(11-12(2)3)14-8-9-14/h12-14,18H,4-11H2,1-3H3. The molecule has 1 heterocycles. The van der Waals surface area contributed by atoms with Gasteiger partial charge in [0.25, 0.3) is 0 Å². The number of aromatic nitrogens is 1. The molecule has 0 unspecified atom stereocenters. The SMILES string of the molecule is CCCc1nc(N(CC(C)C)C2CC2)sc1CNC1CC1. The van der Waals surface area contributed by atoms with Crippen LogP contribution in [0.15, 0.2) is 0 Å². The van der Waals surface area contributed by atoms with Gasteiger partial charge in [0.1, 0.15) is 0 Å². The highest BCUT2D eigenvalue weighted by Gasteiger charge is 2.32. The second-order valence-corrected chi connectivity index (χ2v) is 8.11. The zero-order valence-corrected chi connectivity index (χ0v) is 14.5. The lowest BCUT2D eigenvalue weighted by Crippen LogP contribution is -2.29. The molecular formula is C17H29N3S. The van der Waals surface area contributed by atoms with Crippen molar-refractivity contribution in [1.29, 1.82) is 0 Å². The number of hydrogen-bond donors (Lipinski definition) is 1. The molecule has 0 saturated heterocycles. The lowest BCUT2D eigenvalue weighted by molar-refractivity contribution is 0.605. The van der Waals surface area contributed by atoms with Crippen LogP contribution in [0.5, 0.6) is 0 Å². The van der Waals surface area contributed by atoms with Gasteiger partial charge in [-0.3, -0.25) is 0 Å². The van der Waals surface area contributed by atoms with E-state index in [4.69, 9.17) is 4.98 Å². The van der Waals surface area contributed by atoms with Gasteiger partial charge in [0.05, 0.1) is 5.69 Å². The monoisotopic (exact) mass is 307 g/mol. The Kier molecular flexibility index (Phi) is 4.85. The molecule has 0 aromatic carbocycles. The van der Waals surface area contributed by atoms with Crippen LogP contribution >= 0.6 is 11.3 Å². The fourth-order valence-corrected chi connectivity index (χ4v) is 3.89. The van der Waals surface area contributed by atoms with Gasteiger partial charge in [-0.05, 0) is 38.0 Å². The van der Waals surface area contributed by atoms with E-state index in [1.807, 2.05) is 11.3 Å². The maximum Gasteiger partial charge on any atom is 0.186 e. The molecule has 0 spiro atoms. The summed E-state index contributed by atoms with van der Waals surface area (Å²) in [6.07, 6.45) is 7.73. The largest absolute Gasteiger partial charge is 0.345 e. The molecule has 118 valence electrons. The van der Waals surface area contributed by atoms with Crippen molar-refractivity contribution in [1.82, 2.24) is 10.3 Å². The van der Waals surface area contributed by atoms with E-state index >= 15 is 0 Å². The Balaban J connectivity index is 1.74. The first kappa shape index (κ1) is 15.3. The first-order valence-electron chi connectivity index (χ1n) is 8.66. The van der Waals surface area contributed by atoms with Crippen molar-refractivity contribution in [2.45, 2.75) is 77.9 Å². The summed E-state index contributed by atoms with van der Waals surface area (Å²) < 4.78 is 0. The molecule has 0 radical (unpaired) electrons. The molecule has 2 aliphatic carbocycles. The quantitative estimate of drug-likeness (QED) is 0.748. The number of rotatable bonds is 9. The smallest absolute Gasteiger partial charge is 0.186 e. The zero-order valence-electron chi connectivity index (χ0n) is 13.7. The van der Waals surface area contributed by atoms with Crippen molar-refractivity contribution in [2.24, 2.45) is 5.92 Å². The predicted molar refractivity (Wildman–Crippen MR) is 91.2 cm³/mol. The van der Waals surface area contributed by atoms with Crippen LogP contribution < -0.4 is 10.2 Å². The summed E-state index contributed by atoms with van der Waals surface area (Å²) in [5.74, 6) is 0.706. The highest BCUT2D eigenvalue weighted by Crippen LogP contribution is 2.36. The molecule has 21 heavy (non-hydrogen) atoms. The maximum atomic E-state index is 5.02. The van der Waals surface area contributed by atoms with Gasteiger partial charge < -0.3 is 10.2 Å². The third-order valence-electron chi connectivity index (χ3n) is 4.18. The van der Waals surface area contributed by atoms with Crippen molar-refractivity contribution >= 4 is 16.5 Å². The summed E-state index contributed by atoms with van der Waals surface area (Å²) in [5, 5.41) is 4.94. The van der Waals surface area contributed by atoms with E-state index in [2.05, 4.69) is 31.0 Å². The number of nitrogens with one attached hydrogen (secondary N) is 1. The lowest BCUT2D eigenvalue weighted by Gasteiger charge is -2.23. The molecule has 2 fully saturated rings. The first-order chi connectivity index (χ1) is 10.2. The average Bonchev–Trinajstić information content (AvgIpc) is 3.33. The van der Waals surface area contributed by atoms with Crippen LogP contribution in [0.2, 0.25) is 0 Å². The minimum absolute atomic E-state index is 0.706. The number of aryl methyl sites for hydroxylation is 1. The van der Waals surface area contributed by atoms with Crippen molar-refractivity contribution < 1.29 is 0 Å². The highest BCUT2D eigenvalue weighted by molar-refractivity contribution is 7.15. The molecule has 0 bridgehead atoms. The summed E-state index contributed by atoms with van der Waals surface area (Å²) in [5.41, 5.74) is 1.35. The van der Waals surface area contributed by atoms with E-state index in [-0.39, 0.29) is 0 Å². The Bertz CT molecular complexity index is 461. The molecule has 4 heteroatoms. The predicted octanol–water partition coefficient (Wildman–Crippen LogP) is 3.97. The second kappa shape index (κ2) is 6.66. The van der Waals surface area contributed by atoms with Gasteiger partial charge in [-0.2, -0.15) is 0 Å². The third kappa shape index (κ3) is 4.19. The second-order valence-electron chi connectivity index (χ2n) is 7.05. The van der Waals surface area contributed by atoms with Gasteiger partial charge in [0.2, 0.25) is 0 Å². The van der Waals surface area contributed by atoms with Gasteiger partial charge >= 0.3 is 0 Å². The fourth-order valence-electron chi connectivity index (χ4n) is 2.75. The molecule has 0 amide bonds. The van der Waals surface area contributed by atoms with Gasteiger partial charge in [-0.15, -0.1) is 11.3 Å². The van der Waals surface area contributed by atoms with Crippen LogP contribution in [-0.4, -0.2) is 23.6 Å². The van der Waals surface area contributed by atoms with E-state index in [0.29, 0.717) is 5.92 Å². The molecule has 1 N–H and O–H groups in total. The lowest BCUT2D eigenvalue weighted by atomic mass is 10.2. The molecule has 0 aliphatic heterocycles. The van der Waals surface area contributed by atoms with E-state index < -0.39 is 0 Å². The van der Waals surface area contributed by atoms with Crippen LogP contribution in [-0.2, 0) is 13.0 Å². The summed E-state index contributed by atoms with van der Waals surface area (Å²) >= 11 is 1.94. The minimum atomic E-state index is 0.706. The normalized spacial score (nSPS) is 18.5. The third-order valence-corrected chi connectivity index (χ3v) is 5.31. The van der Waals surface area contributed by atoms with Gasteiger partial charge in [0, 0.05) is 30.1 Å². The molecular weight excluding hydrogens is 278 g/mol. The summed E-state index contributed by atoms with van der Waals surface area (Å²) in [6.45, 7) is 9.05. The first-order valence-corrected chi connectivity index (χ1v) is 9.47. The Hall–Kier alpha value is -0.610. The molecule has 0 atom stereocenters. The van der Waals surface area contributed by atoms with E-state index in [1.165, 1.54) is 47.8 Å². The maximum absolute atomic E-state index is 5.02. The Labute approximate surface area is 133 Å². The van der Waals surface area contributed by atoms with Gasteiger partial charge in [-0.1, -0.05) is 27.2 Å². The fraction of sp³-hybridized carbons (Fsp3) is 0.824. The highest BCUT2D eigenvalue weighted by atomic mass is 32.1. The molecule has 2 aliphatic rings. The van der Waals surface area contributed by atoms with Gasteiger partial charge in [0.15, 0.2) is 5.13 Å². The van der Waals surface area contributed by atoms with Crippen LogP contribution in [0, 0.1) is 5.92 Å². The zero-order chi connectivity index (χ0) is 14.8. The van der Waals surface area contributed by atoms with Crippen molar-refractivity contribution in [3.05, 3.63) is 10.6 Å². The molecule has 1 aromatic rings. The van der Waals surface area contributed by atoms with E-state index in [9.17, 15) is 0 Å². The Morgan fingerprint density at radius 1 is 1.29 bits per heavy atom. The van der Waals surface area contributed by atoms with E-state index in [1.54, 1.807) is 0 Å². The van der Waals surface area contributed by atoms with Crippen molar-refractivity contribution in [3.63, 3.8) is 0 Å². The van der Waals surface area contributed by atoms with Gasteiger partial charge in [-0.25, -0.2) is 4.98 Å². The summed E-state index contributed by atoms with van der Waals surface area (Å²) in [4.78, 5) is 9.08. The van der Waals surface area contributed by atoms with Crippen LogP contribution in [0.1, 0.15) is 63.4 Å². The van der Waals surface area contributed by atoms with E-state index in [0.717, 1.165) is 31.6 Å². The average molecular weight is 308 g/mol. The van der Waals surface area contributed by atoms with Crippen molar-refractivity contribution in [2.75, 3.05) is 11.4 Å². The minimum Gasteiger partial charge on any atom is -0.345 e. The number of hydrogen-bond acceptors (Lipinski definition) is 4. The van der Waals surface area contributed by atoms with Crippen LogP contribution in [0.4, 0.5) is 5.13 Å². The number of thiazole rings is 1. The molecule has 3 nitrogen and oxygen atoms in total. The Morgan fingerprint density at radius 2 is 2.05 bits per heavy atom. The van der Waals surface area contributed by atoms with Crippen LogP contribution in [0.25, 0.3) is 0 Å². The topological polar surface area (TPSA) is 28.2 Å².